The molecule has 2 aliphatic rings. The van der Waals surface area contributed by atoms with Crippen LogP contribution in [-0.4, -0.2) is 35.0 Å². The first-order valence-corrected chi connectivity index (χ1v) is 7.32. The highest BCUT2D eigenvalue weighted by Gasteiger charge is 2.43. The fraction of sp³-hybridized carbons (Fsp3) is 0.867. The Balaban J connectivity index is 2.05. The van der Waals surface area contributed by atoms with E-state index in [0.29, 0.717) is 18.2 Å². The molecule has 0 aromatic heterocycles. The number of ether oxygens (including phenoxy) is 1. The van der Waals surface area contributed by atoms with Crippen molar-refractivity contribution < 1.29 is 14.3 Å². The predicted octanol–water partition coefficient (Wildman–Crippen LogP) is 3.00. The van der Waals surface area contributed by atoms with Crippen LogP contribution in [0, 0.1) is 11.8 Å². The van der Waals surface area contributed by atoms with E-state index in [1.165, 1.54) is 0 Å². The number of amides is 1. The Bertz CT molecular complexity index is 372. The van der Waals surface area contributed by atoms with Crippen LogP contribution < -0.4 is 0 Å². The summed E-state index contributed by atoms with van der Waals surface area (Å²) in [6.45, 7) is 8.34. The number of Topliss-reactive ketones (excluding diaryl/α,β-unsaturated/α-hetero) is 1. The van der Waals surface area contributed by atoms with Crippen LogP contribution in [0.15, 0.2) is 0 Å². The van der Waals surface area contributed by atoms with Crippen LogP contribution in [0.25, 0.3) is 0 Å². The van der Waals surface area contributed by atoms with Crippen LogP contribution in [0.2, 0.25) is 0 Å². The standard InChI is InChI=1S/C15H25NO3/c1-10-11-6-5-7-13(17)12(11)8-9-16(10)14(18)19-15(2,3)4/h10-12H,5-9H2,1-4H3/t10-,11-,12-/m0/s1. The summed E-state index contributed by atoms with van der Waals surface area (Å²) in [5, 5.41) is 0. The summed E-state index contributed by atoms with van der Waals surface area (Å²) in [7, 11) is 0. The second-order valence-electron chi connectivity index (χ2n) is 6.83. The molecule has 1 saturated carbocycles. The van der Waals surface area contributed by atoms with E-state index >= 15 is 0 Å². The molecule has 3 atom stereocenters. The summed E-state index contributed by atoms with van der Waals surface area (Å²) in [5.41, 5.74) is -0.462. The smallest absolute Gasteiger partial charge is 0.410 e. The summed E-state index contributed by atoms with van der Waals surface area (Å²) < 4.78 is 5.46. The van der Waals surface area contributed by atoms with Crippen molar-refractivity contribution in [1.29, 1.82) is 0 Å². The van der Waals surface area contributed by atoms with Crippen molar-refractivity contribution in [2.75, 3.05) is 6.54 Å². The minimum atomic E-state index is -0.462. The molecule has 1 saturated heterocycles. The maximum Gasteiger partial charge on any atom is 0.410 e. The monoisotopic (exact) mass is 267 g/mol. The minimum absolute atomic E-state index is 0.109. The van der Waals surface area contributed by atoms with E-state index in [1.807, 2.05) is 25.7 Å². The van der Waals surface area contributed by atoms with E-state index < -0.39 is 5.60 Å². The van der Waals surface area contributed by atoms with E-state index in [0.717, 1.165) is 25.7 Å². The van der Waals surface area contributed by atoms with Crippen molar-refractivity contribution >= 4 is 11.9 Å². The molecule has 0 spiro atoms. The number of nitrogens with zero attached hydrogens (tertiary/aromatic N) is 1. The third-order valence-electron chi connectivity index (χ3n) is 4.31. The number of hydrogen-bond donors (Lipinski definition) is 0. The lowest BCUT2D eigenvalue weighted by atomic mass is 9.71. The van der Waals surface area contributed by atoms with Gasteiger partial charge in [0.15, 0.2) is 0 Å². The SMILES string of the molecule is C[C@H]1[C@@H]2CCCC(=O)[C@H]2CCN1C(=O)OC(C)(C)C. The zero-order chi connectivity index (χ0) is 14.2. The summed E-state index contributed by atoms with van der Waals surface area (Å²) in [5.74, 6) is 0.886. The van der Waals surface area contributed by atoms with Crippen LogP contribution in [0.1, 0.15) is 53.4 Å². The largest absolute Gasteiger partial charge is 0.444 e. The van der Waals surface area contributed by atoms with Gasteiger partial charge in [-0.25, -0.2) is 4.79 Å². The van der Waals surface area contributed by atoms with Gasteiger partial charge in [-0.3, -0.25) is 4.79 Å². The molecule has 0 N–H and O–H groups in total. The fourth-order valence-electron chi connectivity index (χ4n) is 3.38. The van der Waals surface area contributed by atoms with E-state index in [1.54, 1.807) is 0 Å². The zero-order valence-corrected chi connectivity index (χ0v) is 12.4. The van der Waals surface area contributed by atoms with Crippen molar-refractivity contribution in [3.05, 3.63) is 0 Å². The summed E-state index contributed by atoms with van der Waals surface area (Å²) in [6, 6.07) is 0.109. The number of ketones is 1. The van der Waals surface area contributed by atoms with Gasteiger partial charge >= 0.3 is 6.09 Å². The lowest BCUT2D eigenvalue weighted by molar-refractivity contribution is -0.130. The molecule has 4 nitrogen and oxygen atoms in total. The van der Waals surface area contributed by atoms with Gasteiger partial charge < -0.3 is 9.64 Å². The van der Waals surface area contributed by atoms with Gasteiger partial charge in [0.1, 0.15) is 11.4 Å². The van der Waals surface area contributed by atoms with Gasteiger partial charge in [-0.1, -0.05) is 0 Å². The predicted molar refractivity (Wildman–Crippen MR) is 72.9 cm³/mol. The van der Waals surface area contributed by atoms with Crippen LogP contribution >= 0.6 is 0 Å². The Morgan fingerprint density at radius 2 is 2.00 bits per heavy atom. The average Bonchev–Trinajstić information content (AvgIpc) is 2.28. The maximum atomic E-state index is 12.2. The fourth-order valence-corrected chi connectivity index (χ4v) is 3.38. The number of fused-ring (bicyclic) bond motifs is 1. The third kappa shape index (κ3) is 3.10. The average molecular weight is 267 g/mol. The Morgan fingerprint density at radius 3 is 2.63 bits per heavy atom. The van der Waals surface area contributed by atoms with Crippen molar-refractivity contribution in [2.45, 2.75) is 65.0 Å². The molecule has 0 aromatic carbocycles. The summed E-state index contributed by atoms with van der Waals surface area (Å²) in [6.07, 6.45) is 3.30. The van der Waals surface area contributed by atoms with Gasteiger partial charge in [0.25, 0.3) is 0 Å². The molecule has 4 heteroatoms. The Morgan fingerprint density at radius 1 is 1.32 bits per heavy atom. The third-order valence-corrected chi connectivity index (χ3v) is 4.31. The number of hydrogen-bond acceptors (Lipinski definition) is 3. The molecule has 2 fully saturated rings. The van der Waals surface area contributed by atoms with Crippen molar-refractivity contribution in [3.63, 3.8) is 0 Å². The molecule has 1 aliphatic heterocycles. The van der Waals surface area contributed by atoms with E-state index in [4.69, 9.17) is 4.74 Å². The second-order valence-corrected chi connectivity index (χ2v) is 6.83. The molecular weight excluding hydrogens is 242 g/mol. The van der Waals surface area contributed by atoms with Crippen LogP contribution in [-0.2, 0) is 9.53 Å². The van der Waals surface area contributed by atoms with Gasteiger partial charge in [0, 0.05) is 24.9 Å². The van der Waals surface area contributed by atoms with E-state index in [9.17, 15) is 9.59 Å². The summed E-state index contributed by atoms with van der Waals surface area (Å²) >= 11 is 0. The zero-order valence-electron chi connectivity index (χ0n) is 12.4. The van der Waals surface area contributed by atoms with Crippen LogP contribution in [0.5, 0.6) is 0 Å². The second kappa shape index (κ2) is 5.14. The van der Waals surface area contributed by atoms with Crippen LogP contribution in [0.4, 0.5) is 4.79 Å². The quantitative estimate of drug-likeness (QED) is 0.678. The number of carbonyl (C=O) groups is 2. The molecule has 108 valence electrons. The number of rotatable bonds is 0. The van der Waals surface area contributed by atoms with Crippen molar-refractivity contribution in [3.8, 4) is 0 Å². The normalized spacial score (nSPS) is 31.9. The summed E-state index contributed by atoms with van der Waals surface area (Å²) in [4.78, 5) is 26.0. The Kier molecular flexibility index (Phi) is 3.88. The first-order valence-electron chi connectivity index (χ1n) is 7.32. The topological polar surface area (TPSA) is 46.6 Å². The molecule has 1 amide bonds. The Hall–Kier alpha value is -1.06. The van der Waals surface area contributed by atoms with Crippen LogP contribution in [0.3, 0.4) is 0 Å². The van der Waals surface area contributed by atoms with Crippen molar-refractivity contribution in [2.24, 2.45) is 11.8 Å². The molecule has 1 aliphatic carbocycles. The molecule has 2 rings (SSSR count). The molecular formula is C15H25NO3. The van der Waals surface area contributed by atoms with E-state index in [2.05, 4.69) is 6.92 Å². The molecule has 19 heavy (non-hydrogen) atoms. The molecule has 0 unspecified atom stereocenters. The van der Waals surface area contributed by atoms with Gasteiger partial charge in [0.2, 0.25) is 0 Å². The Labute approximate surface area is 115 Å². The lowest BCUT2D eigenvalue weighted by Crippen LogP contribution is -2.54. The number of piperidine rings is 1. The number of carbonyl (C=O) groups excluding carboxylic acids is 2. The van der Waals surface area contributed by atoms with Crippen molar-refractivity contribution in [1.82, 2.24) is 4.90 Å². The highest BCUT2D eigenvalue weighted by molar-refractivity contribution is 5.82. The minimum Gasteiger partial charge on any atom is -0.444 e. The van der Waals surface area contributed by atoms with Gasteiger partial charge in [0.05, 0.1) is 0 Å². The van der Waals surface area contributed by atoms with E-state index in [-0.39, 0.29) is 18.1 Å². The maximum absolute atomic E-state index is 12.2. The molecule has 0 bridgehead atoms. The molecule has 0 aromatic rings. The first kappa shape index (κ1) is 14.4. The first-order chi connectivity index (χ1) is 8.79. The number of likely N-dealkylation sites (tertiary alicyclic amines) is 1. The van der Waals surface area contributed by atoms with Gasteiger partial charge in [-0.15, -0.1) is 0 Å². The van der Waals surface area contributed by atoms with Gasteiger partial charge in [-0.2, -0.15) is 0 Å². The highest BCUT2D eigenvalue weighted by Crippen LogP contribution is 2.38. The lowest BCUT2D eigenvalue weighted by Gasteiger charge is -2.45. The molecule has 0 radical (unpaired) electrons. The van der Waals surface area contributed by atoms with Gasteiger partial charge in [-0.05, 0) is 52.9 Å². The molecule has 1 heterocycles. The highest BCUT2D eigenvalue weighted by atomic mass is 16.6.